The van der Waals surface area contributed by atoms with E-state index in [4.69, 9.17) is 13.3 Å². The number of hydrogen-bond donors (Lipinski definition) is 1. The van der Waals surface area contributed by atoms with E-state index >= 15 is 0 Å². The van der Waals surface area contributed by atoms with Crippen molar-refractivity contribution in [2.75, 3.05) is 25.6 Å². The summed E-state index contributed by atoms with van der Waals surface area (Å²) in [4.78, 5) is 0. The topological polar surface area (TPSA) is 27.7 Å². The molecule has 0 aliphatic rings. The van der Waals surface area contributed by atoms with Crippen LogP contribution in [0.5, 0.6) is 0 Å². The van der Waals surface area contributed by atoms with Crippen molar-refractivity contribution in [1.29, 1.82) is 0 Å². The molecule has 0 unspecified atom stereocenters. The average molecular weight is 589 g/mol. The molecule has 236 valence electrons. The van der Waals surface area contributed by atoms with Crippen molar-refractivity contribution >= 4 is 21.4 Å². The second kappa shape index (κ2) is 33.0. The van der Waals surface area contributed by atoms with E-state index in [0.29, 0.717) is 19.8 Å². The summed E-state index contributed by atoms with van der Waals surface area (Å²) in [6.07, 6.45) is 36.9. The Kier molecular flexibility index (Phi) is 33.3. The second-order valence-electron chi connectivity index (χ2n) is 11.6. The molecule has 0 fully saturated rings. The Hall–Kier alpha value is 0.447. The summed E-state index contributed by atoms with van der Waals surface area (Å²) < 4.78 is 17.9. The lowest BCUT2D eigenvalue weighted by Gasteiger charge is -2.28. The minimum absolute atomic E-state index is 0.685. The Labute approximate surface area is 253 Å². The lowest BCUT2D eigenvalue weighted by molar-refractivity contribution is 0.0706. The van der Waals surface area contributed by atoms with E-state index in [-0.39, 0.29) is 0 Å². The number of hydrogen-bond acceptors (Lipinski definition) is 4. The molecule has 0 bridgehead atoms. The van der Waals surface area contributed by atoms with Crippen LogP contribution < -0.4 is 0 Å². The van der Waals surface area contributed by atoms with E-state index in [0.717, 1.165) is 11.8 Å². The van der Waals surface area contributed by atoms with Crippen molar-refractivity contribution in [2.45, 2.75) is 194 Å². The third kappa shape index (κ3) is 28.3. The summed E-state index contributed by atoms with van der Waals surface area (Å²) in [6.45, 7) is 8.18. The molecule has 0 N–H and O–H groups in total. The van der Waals surface area contributed by atoms with E-state index in [1.807, 2.05) is 20.8 Å². The smallest absolute Gasteiger partial charge is 0.374 e. The van der Waals surface area contributed by atoms with Crippen LogP contribution >= 0.6 is 12.6 Å². The Morgan fingerprint density at radius 3 is 0.744 bits per heavy atom. The number of rotatable bonds is 34. The first-order valence-corrected chi connectivity index (χ1v) is 20.3. The third-order valence-corrected chi connectivity index (χ3v) is 11.5. The zero-order valence-electron chi connectivity index (χ0n) is 27.1. The van der Waals surface area contributed by atoms with Gasteiger partial charge in [-0.2, -0.15) is 12.6 Å². The van der Waals surface area contributed by atoms with Gasteiger partial charge in [-0.15, -0.1) is 0 Å². The monoisotopic (exact) mass is 588 g/mol. The lowest BCUT2D eigenvalue weighted by Crippen LogP contribution is -2.45. The molecule has 0 spiro atoms. The van der Waals surface area contributed by atoms with Gasteiger partial charge in [-0.3, -0.25) is 0 Å². The van der Waals surface area contributed by atoms with Crippen molar-refractivity contribution in [2.24, 2.45) is 0 Å². The normalized spacial score (nSPS) is 12.0. The van der Waals surface area contributed by atoms with E-state index in [9.17, 15) is 0 Å². The van der Waals surface area contributed by atoms with Crippen LogP contribution in [-0.2, 0) is 13.3 Å². The Balaban J connectivity index is 3.27. The largest absolute Gasteiger partial charge is 0.500 e. The van der Waals surface area contributed by atoms with Crippen LogP contribution in [0, 0.1) is 0 Å². The maximum atomic E-state index is 5.96. The van der Waals surface area contributed by atoms with Gasteiger partial charge in [0.05, 0.1) is 0 Å². The highest BCUT2D eigenvalue weighted by Crippen LogP contribution is 2.21. The molecule has 0 aromatic heterocycles. The van der Waals surface area contributed by atoms with Crippen LogP contribution in [-0.4, -0.2) is 34.4 Å². The van der Waals surface area contributed by atoms with Gasteiger partial charge in [-0.1, -0.05) is 154 Å². The lowest BCUT2D eigenvalue weighted by atomic mass is 10.0. The molecule has 0 amide bonds. The summed E-state index contributed by atoms with van der Waals surface area (Å²) >= 11 is 4.28. The number of unbranched alkanes of at least 4 members (excludes halogenated alkanes) is 25. The molecule has 0 heterocycles. The Morgan fingerprint density at radius 2 is 0.538 bits per heavy atom. The van der Waals surface area contributed by atoms with Crippen molar-refractivity contribution in [3.63, 3.8) is 0 Å². The fourth-order valence-electron chi connectivity index (χ4n) is 5.70. The highest BCUT2D eigenvalue weighted by molar-refractivity contribution is 7.80. The standard InChI is InChI=1S/C34H72O3SSi/c1-4-35-39(36-5-2,37-6-3)34-32-30-28-26-24-22-20-18-16-14-12-10-8-7-9-11-13-15-17-19-21-23-25-27-29-31-33-38/h38H,4-34H2,1-3H3. The summed E-state index contributed by atoms with van der Waals surface area (Å²) in [5.41, 5.74) is 0. The van der Waals surface area contributed by atoms with E-state index < -0.39 is 8.80 Å². The van der Waals surface area contributed by atoms with Crippen LogP contribution in [0.25, 0.3) is 0 Å². The summed E-state index contributed by atoms with van der Waals surface area (Å²) in [5.74, 6) is 1.06. The molecule has 0 saturated heterocycles. The zero-order chi connectivity index (χ0) is 28.5. The van der Waals surface area contributed by atoms with Crippen LogP contribution in [0.4, 0.5) is 0 Å². The maximum Gasteiger partial charge on any atom is 0.500 e. The first kappa shape index (κ1) is 39.4. The first-order chi connectivity index (χ1) is 19.2. The van der Waals surface area contributed by atoms with Crippen LogP contribution in [0.1, 0.15) is 188 Å². The summed E-state index contributed by atoms with van der Waals surface area (Å²) in [5, 5.41) is 0. The van der Waals surface area contributed by atoms with Gasteiger partial charge in [-0.05, 0) is 39.4 Å². The fourth-order valence-corrected chi connectivity index (χ4v) is 8.61. The van der Waals surface area contributed by atoms with Crippen molar-refractivity contribution in [1.82, 2.24) is 0 Å². The minimum atomic E-state index is -2.42. The molecule has 0 atom stereocenters. The average Bonchev–Trinajstić information content (AvgIpc) is 2.93. The summed E-state index contributed by atoms with van der Waals surface area (Å²) in [7, 11) is -2.42. The van der Waals surface area contributed by atoms with Gasteiger partial charge in [0.15, 0.2) is 0 Å². The molecule has 39 heavy (non-hydrogen) atoms. The molecule has 0 aromatic rings. The summed E-state index contributed by atoms with van der Waals surface area (Å²) in [6, 6.07) is 0.973. The predicted molar refractivity (Wildman–Crippen MR) is 179 cm³/mol. The van der Waals surface area contributed by atoms with E-state index in [2.05, 4.69) is 12.6 Å². The Bertz CT molecular complexity index is 435. The van der Waals surface area contributed by atoms with Crippen molar-refractivity contribution in [3.8, 4) is 0 Å². The van der Waals surface area contributed by atoms with Crippen LogP contribution in [0.3, 0.4) is 0 Å². The van der Waals surface area contributed by atoms with Gasteiger partial charge >= 0.3 is 8.80 Å². The maximum absolute atomic E-state index is 5.96. The molecule has 0 aliphatic carbocycles. The van der Waals surface area contributed by atoms with Gasteiger partial charge in [0.1, 0.15) is 0 Å². The molecule has 0 aromatic carbocycles. The van der Waals surface area contributed by atoms with Gasteiger partial charge in [0.25, 0.3) is 0 Å². The van der Waals surface area contributed by atoms with Crippen LogP contribution in [0.15, 0.2) is 0 Å². The molecular formula is C34H72O3SSi. The quantitative estimate of drug-likeness (QED) is 0.0460. The zero-order valence-corrected chi connectivity index (χ0v) is 29.0. The fraction of sp³-hybridized carbons (Fsp3) is 1.00. The van der Waals surface area contributed by atoms with Crippen LogP contribution in [0.2, 0.25) is 6.04 Å². The van der Waals surface area contributed by atoms with Crippen molar-refractivity contribution in [3.05, 3.63) is 0 Å². The van der Waals surface area contributed by atoms with Gasteiger partial charge in [0.2, 0.25) is 0 Å². The highest BCUT2D eigenvalue weighted by Gasteiger charge is 2.39. The van der Waals surface area contributed by atoms with Gasteiger partial charge in [-0.25, -0.2) is 0 Å². The molecule has 3 nitrogen and oxygen atoms in total. The predicted octanol–water partition coefficient (Wildman–Crippen LogP) is 12.1. The van der Waals surface area contributed by atoms with E-state index in [1.54, 1.807) is 0 Å². The number of thiol groups is 1. The van der Waals surface area contributed by atoms with Gasteiger partial charge < -0.3 is 13.3 Å². The molecule has 0 aliphatic heterocycles. The highest BCUT2D eigenvalue weighted by atomic mass is 32.1. The minimum Gasteiger partial charge on any atom is -0.374 e. The molecule has 0 radical (unpaired) electrons. The second-order valence-corrected chi connectivity index (χ2v) is 14.8. The Morgan fingerprint density at radius 1 is 0.333 bits per heavy atom. The molecule has 5 heteroatoms. The van der Waals surface area contributed by atoms with Gasteiger partial charge in [0, 0.05) is 25.9 Å². The third-order valence-electron chi connectivity index (χ3n) is 7.98. The van der Waals surface area contributed by atoms with Crippen molar-refractivity contribution < 1.29 is 13.3 Å². The molecule has 0 saturated carbocycles. The molecular weight excluding hydrogens is 517 g/mol. The SMILES string of the molecule is CCO[Si](CCCCCCCCCCCCCCCCCCCCCCCCCCCCS)(OCC)OCC. The van der Waals surface area contributed by atoms with E-state index in [1.165, 1.54) is 167 Å². The first-order valence-electron chi connectivity index (χ1n) is 17.8. The molecule has 0 rings (SSSR count).